The molecule has 0 saturated carbocycles. The Balaban J connectivity index is 2.17. The number of halogens is 1. The lowest BCUT2D eigenvalue weighted by molar-refractivity contribution is -0.135. The van der Waals surface area contributed by atoms with Crippen molar-refractivity contribution in [2.24, 2.45) is 0 Å². The summed E-state index contributed by atoms with van der Waals surface area (Å²) in [4.78, 5) is 22.1. The molecule has 0 aromatic carbocycles. The Morgan fingerprint density at radius 2 is 2.17 bits per heavy atom. The molecular weight excluding hydrogens is 167 g/mol. The molecule has 5 nitrogen and oxygen atoms in total. The first-order chi connectivity index (χ1) is 5.59. The van der Waals surface area contributed by atoms with Crippen molar-refractivity contribution in [2.45, 2.75) is 6.17 Å². The number of nitrogens with zero attached hydrogens (tertiary/aromatic N) is 1. The number of carbonyl (C=O) groups is 2. The van der Waals surface area contributed by atoms with Gasteiger partial charge in [-0.2, -0.15) is 0 Å². The number of nitrogens with one attached hydrogen (secondary N) is 1. The molecule has 1 aliphatic heterocycles. The van der Waals surface area contributed by atoms with Crippen LogP contribution in [0, 0.1) is 0 Å². The second kappa shape index (κ2) is 3.38. The minimum Gasteiger partial charge on any atom is -0.480 e. The fraction of sp³-hybridized carbons (Fsp3) is 0.667. The van der Waals surface area contributed by atoms with E-state index in [2.05, 4.69) is 5.32 Å². The SMILES string of the molecule is O=C(O)CNC(=O)N1CC(F)C1. The Kier molecular flexibility index (Phi) is 2.47. The maximum Gasteiger partial charge on any atom is 0.323 e. The van der Waals surface area contributed by atoms with Gasteiger partial charge in [-0.1, -0.05) is 0 Å². The van der Waals surface area contributed by atoms with Crippen LogP contribution in [0.5, 0.6) is 0 Å². The molecular formula is C6H9FN2O3. The molecule has 1 saturated heterocycles. The van der Waals surface area contributed by atoms with Crippen LogP contribution in [0.1, 0.15) is 0 Å². The predicted octanol–water partition coefficient (Wildman–Crippen LogP) is -0.566. The molecule has 1 fully saturated rings. The van der Waals surface area contributed by atoms with Crippen LogP contribution in [0.4, 0.5) is 9.18 Å². The number of hydrogen-bond donors (Lipinski definition) is 2. The van der Waals surface area contributed by atoms with Crippen LogP contribution in [0.3, 0.4) is 0 Å². The number of amides is 2. The van der Waals surface area contributed by atoms with E-state index in [1.165, 1.54) is 4.90 Å². The highest BCUT2D eigenvalue weighted by molar-refractivity contribution is 5.80. The van der Waals surface area contributed by atoms with Crippen LogP contribution in [0.15, 0.2) is 0 Å². The van der Waals surface area contributed by atoms with E-state index < -0.39 is 24.7 Å². The molecule has 0 radical (unpaired) electrons. The fourth-order valence-electron chi connectivity index (χ4n) is 0.854. The lowest BCUT2D eigenvalue weighted by Gasteiger charge is -2.33. The number of aliphatic carboxylic acids is 1. The summed E-state index contributed by atoms with van der Waals surface area (Å²) in [5, 5.41) is 10.3. The molecule has 68 valence electrons. The monoisotopic (exact) mass is 176 g/mol. The first-order valence-corrected chi connectivity index (χ1v) is 3.48. The van der Waals surface area contributed by atoms with Crippen LogP contribution >= 0.6 is 0 Å². The Morgan fingerprint density at radius 1 is 1.58 bits per heavy atom. The molecule has 0 aliphatic carbocycles. The molecule has 6 heteroatoms. The van der Waals surface area contributed by atoms with Gasteiger partial charge in [-0.05, 0) is 0 Å². The summed E-state index contributed by atoms with van der Waals surface area (Å²) in [5.74, 6) is -1.11. The zero-order chi connectivity index (χ0) is 9.14. The van der Waals surface area contributed by atoms with Crippen molar-refractivity contribution in [2.75, 3.05) is 19.6 Å². The lowest BCUT2D eigenvalue weighted by Crippen LogP contribution is -2.55. The molecule has 0 aromatic heterocycles. The van der Waals surface area contributed by atoms with Gasteiger partial charge in [0.25, 0.3) is 0 Å². The maximum atomic E-state index is 12.2. The van der Waals surface area contributed by atoms with Gasteiger partial charge < -0.3 is 15.3 Å². The van der Waals surface area contributed by atoms with Gasteiger partial charge in [-0.15, -0.1) is 0 Å². The molecule has 1 aliphatic rings. The van der Waals surface area contributed by atoms with Crippen molar-refractivity contribution in [3.05, 3.63) is 0 Å². The van der Waals surface area contributed by atoms with Crippen molar-refractivity contribution in [1.29, 1.82) is 0 Å². The minimum atomic E-state index is -1.11. The Morgan fingerprint density at radius 3 is 2.58 bits per heavy atom. The second-order valence-corrected chi connectivity index (χ2v) is 2.55. The van der Waals surface area contributed by atoms with E-state index in [0.717, 1.165) is 0 Å². The van der Waals surface area contributed by atoms with Crippen LogP contribution < -0.4 is 5.32 Å². The number of urea groups is 1. The third kappa shape index (κ3) is 2.08. The topological polar surface area (TPSA) is 69.6 Å². The molecule has 0 spiro atoms. The minimum absolute atomic E-state index is 0.0610. The zero-order valence-electron chi connectivity index (χ0n) is 6.29. The van der Waals surface area contributed by atoms with Crippen LogP contribution in [0.25, 0.3) is 0 Å². The van der Waals surface area contributed by atoms with Gasteiger partial charge >= 0.3 is 12.0 Å². The van der Waals surface area contributed by atoms with Crippen molar-refractivity contribution in [3.63, 3.8) is 0 Å². The smallest absolute Gasteiger partial charge is 0.323 e. The quantitative estimate of drug-likeness (QED) is 0.592. The van der Waals surface area contributed by atoms with Gasteiger partial charge in [0.05, 0.1) is 13.1 Å². The predicted molar refractivity (Wildman–Crippen MR) is 37.5 cm³/mol. The van der Waals surface area contributed by atoms with E-state index >= 15 is 0 Å². The number of carboxylic acids is 1. The third-order valence-corrected chi connectivity index (χ3v) is 1.52. The Bertz CT molecular complexity index is 203. The van der Waals surface area contributed by atoms with E-state index in [1.807, 2.05) is 0 Å². The first-order valence-electron chi connectivity index (χ1n) is 3.48. The van der Waals surface area contributed by atoms with E-state index in [1.54, 1.807) is 0 Å². The van der Waals surface area contributed by atoms with Gasteiger partial charge in [-0.3, -0.25) is 4.79 Å². The van der Waals surface area contributed by atoms with E-state index in [4.69, 9.17) is 5.11 Å². The molecule has 2 N–H and O–H groups in total. The normalized spacial score (nSPS) is 16.9. The largest absolute Gasteiger partial charge is 0.480 e. The number of likely N-dealkylation sites (tertiary alicyclic amines) is 1. The second-order valence-electron chi connectivity index (χ2n) is 2.55. The van der Waals surface area contributed by atoms with E-state index in [-0.39, 0.29) is 13.1 Å². The highest BCUT2D eigenvalue weighted by Gasteiger charge is 2.30. The Labute approximate surface area is 68.2 Å². The summed E-state index contributed by atoms with van der Waals surface area (Å²) in [6, 6.07) is -0.522. The molecule has 0 unspecified atom stereocenters. The van der Waals surface area contributed by atoms with Gasteiger partial charge in [-0.25, -0.2) is 9.18 Å². The van der Waals surface area contributed by atoms with Crippen LogP contribution in [-0.4, -0.2) is 47.8 Å². The summed E-state index contributed by atoms with van der Waals surface area (Å²) in [6.45, 7) is -0.302. The zero-order valence-corrected chi connectivity index (χ0v) is 6.29. The third-order valence-electron chi connectivity index (χ3n) is 1.52. The molecule has 2 amide bonds. The molecule has 0 aromatic rings. The average molecular weight is 176 g/mol. The van der Waals surface area contributed by atoms with Gasteiger partial charge in [0.1, 0.15) is 12.7 Å². The molecule has 0 atom stereocenters. The first kappa shape index (κ1) is 8.76. The highest BCUT2D eigenvalue weighted by atomic mass is 19.1. The van der Waals surface area contributed by atoms with Crippen LogP contribution in [-0.2, 0) is 4.79 Å². The highest BCUT2D eigenvalue weighted by Crippen LogP contribution is 2.10. The summed E-state index contributed by atoms with van der Waals surface area (Å²) < 4.78 is 12.2. The number of alkyl halides is 1. The van der Waals surface area contributed by atoms with Gasteiger partial charge in [0.15, 0.2) is 0 Å². The molecule has 0 bridgehead atoms. The molecule has 1 heterocycles. The number of rotatable bonds is 2. The summed E-state index contributed by atoms with van der Waals surface area (Å²) >= 11 is 0. The molecule has 12 heavy (non-hydrogen) atoms. The van der Waals surface area contributed by atoms with Crippen molar-refractivity contribution < 1.29 is 19.1 Å². The summed E-state index contributed by atoms with van der Waals surface area (Å²) in [5.41, 5.74) is 0. The standard InChI is InChI=1S/C6H9FN2O3/c7-4-2-9(3-4)6(12)8-1-5(10)11/h4H,1-3H2,(H,8,12)(H,10,11). The number of carboxylic acid groups (broad SMARTS) is 1. The average Bonchev–Trinajstić information content (AvgIpc) is 1.94. The van der Waals surface area contributed by atoms with Crippen molar-refractivity contribution in [1.82, 2.24) is 10.2 Å². The summed E-state index contributed by atoms with van der Waals surface area (Å²) in [6.07, 6.45) is -0.958. The van der Waals surface area contributed by atoms with Gasteiger partial charge in [0, 0.05) is 0 Å². The van der Waals surface area contributed by atoms with Gasteiger partial charge in [0.2, 0.25) is 0 Å². The summed E-state index contributed by atoms with van der Waals surface area (Å²) in [7, 11) is 0. The molecule has 1 rings (SSSR count). The van der Waals surface area contributed by atoms with E-state index in [9.17, 15) is 14.0 Å². The lowest BCUT2D eigenvalue weighted by atomic mass is 10.2. The van der Waals surface area contributed by atoms with E-state index in [0.29, 0.717) is 0 Å². The fourth-order valence-corrected chi connectivity index (χ4v) is 0.854. The van der Waals surface area contributed by atoms with Crippen molar-refractivity contribution >= 4 is 12.0 Å². The van der Waals surface area contributed by atoms with Crippen molar-refractivity contribution in [3.8, 4) is 0 Å². The number of carbonyl (C=O) groups excluding carboxylic acids is 1. The van der Waals surface area contributed by atoms with Crippen LogP contribution in [0.2, 0.25) is 0 Å². The maximum absolute atomic E-state index is 12.2. The Hall–Kier alpha value is -1.33. The number of hydrogen-bond acceptors (Lipinski definition) is 2.